The predicted molar refractivity (Wildman–Crippen MR) is 68.5 cm³/mol. The second kappa shape index (κ2) is 3.66. The number of anilines is 1. The van der Waals surface area contributed by atoms with Crippen LogP contribution < -0.4 is 4.90 Å². The van der Waals surface area contributed by atoms with Crippen LogP contribution in [0.5, 0.6) is 0 Å². The Bertz CT molecular complexity index is 610. The van der Waals surface area contributed by atoms with Crippen molar-refractivity contribution in [1.82, 2.24) is 4.90 Å². The van der Waals surface area contributed by atoms with Crippen molar-refractivity contribution in [3.8, 4) is 0 Å². The maximum absolute atomic E-state index is 12.4. The molecule has 5 nitrogen and oxygen atoms in total. The number of benzene rings is 1. The lowest BCUT2D eigenvalue weighted by molar-refractivity contribution is -0.139. The minimum absolute atomic E-state index is 0.0649. The van der Waals surface area contributed by atoms with E-state index >= 15 is 0 Å². The highest BCUT2D eigenvalue weighted by Gasteiger charge is 2.55. The molecule has 1 aromatic rings. The lowest BCUT2D eigenvalue weighted by Crippen LogP contribution is -2.46. The fourth-order valence-corrected chi connectivity index (χ4v) is 3.01. The molecule has 19 heavy (non-hydrogen) atoms. The van der Waals surface area contributed by atoms with Gasteiger partial charge in [-0.1, -0.05) is 18.2 Å². The van der Waals surface area contributed by atoms with E-state index in [9.17, 15) is 14.4 Å². The zero-order valence-corrected chi connectivity index (χ0v) is 10.8. The molecule has 3 rings (SSSR count). The average Bonchev–Trinajstić information content (AvgIpc) is 2.62. The van der Waals surface area contributed by atoms with Gasteiger partial charge in [-0.25, -0.2) is 0 Å². The normalized spacial score (nSPS) is 26.3. The molecule has 2 aliphatic heterocycles. The van der Waals surface area contributed by atoms with Crippen molar-refractivity contribution in [3.63, 3.8) is 0 Å². The summed E-state index contributed by atoms with van der Waals surface area (Å²) in [7, 11) is 3.17. The standard InChI is InChI=1S/C14H14N2O3/c1-15-10-6-4-3-5-9(10)14(7-11(15)17)8-12(18)16(2)13(14)19/h3-6H,7-8H2,1-2H3/t14-/m1/s1. The summed E-state index contributed by atoms with van der Waals surface area (Å²) in [6.45, 7) is 0. The molecule has 0 N–H and O–H groups in total. The quantitative estimate of drug-likeness (QED) is 0.643. The predicted octanol–water partition coefficient (Wildman–Crippen LogP) is 0.680. The molecular formula is C14H14N2O3. The Hall–Kier alpha value is -2.17. The molecule has 1 spiro atoms. The van der Waals surface area contributed by atoms with Crippen LogP contribution in [0.15, 0.2) is 24.3 Å². The Morgan fingerprint density at radius 3 is 2.16 bits per heavy atom. The molecule has 5 heteroatoms. The number of hydrogen-bond donors (Lipinski definition) is 0. The van der Waals surface area contributed by atoms with Crippen molar-refractivity contribution in [3.05, 3.63) is 29.8 Å². The number of carbonyl (C=O) groups is 3. The van der Waals surface area contributed by atoms with Gasteiger partial charge in [0.25, 0.3) is 0 Å². The number of para-hydroxylation sites is 1. The van der Waals surface area contributed by atoms with Crippen molar-refractivity contribution in [1.29, 1.82) is 0 Å². The van der Waals surface area contributed by atoms with Gasteiger partial charge in [0, 0.05) is 32.6 Å². The number of hydrogen-bond acceptors (Lipinski definition) is 3. The molecule has 0 unspecified atom stereocenters. The van der Waals surface area contributed by atoms with Gasteiger partial charge < -0.3 is 4.90 Å². The monoisotopic (exact) mass is 258 g/mol. The average molecular weight is 258 g/mol. The summed E-state index contributed by atoms with van der Waals surface area (Å²) in [4.78, 5) is 39.1. The van der Waals surface area contributed by atoms with Crippen LogP contribution in [0.4, 0.5) is 5.69 Å². The van der Waals surface area contributed by atoms with E-state index in [1.807, 2.05) is 24.3 Å². The molecule has 98 valence electrons. The molecule has 1 atom stereocenters. The fraction of sp³-hybridized carbons (Fsp3) is 0.357. The highest BCUT2D eigenvalue weighted by molar-refractivity contribution is 6.14. The Balaban J connectivity index is 2.24. The van der Waals surface area contributed by atoms with Gasteiger partial charge in [-0.05, 0) is 11.6 Å². The molecule has 1 saturated heterocycles. The summed E-state index contributed by atoms with van der Waals surface area (Å²) in [5, 5.41) is 0. The first-order valence-corrected chi connectivity index (χ1v) is 6.14. The minimum Gasteiger partial charge on any atom is -0.315 e. The number of carbonyl (C=O) groups excluding carboxylic acids is 3. The van der Waals surface area contributed by atoms with Crippen LogP contribution in [0.1, 0.15) is 18.4 Å². The van der Waals surface area contributed by atoms with E-state index in [0.29, 0.717) is 0 Å². The third-order valence-corrected chi connectivity index (χ3v) is 4.15. The lowest BCUT2D eigenvalue weighted by atomic mass is 9.72. The van der Waals surface area contributed by atoms with E-state index in [1.165, 1.54) is 7.05 Å². The zero-order chi connectivity index (χ0) is 13.8. The van der Waals surface area contributed by atoms with Crippen LogP contribution in [0.2, 0.25) is 0 Å². The minimum atomic E-state index is -0.994. The smallest absolute Gasteiger partial charge is 0.240 e. The Labute approximate surface area is 110 Å². The molecule has 0 aromatic heterocycles. The van der Waals surface area contributed by atoms with Gasteiger partial charge in [-0.2, -0.15) is 0 Å². The van der Waals surface area contributed by atoms with Crippen LogP contribution in [0, 0.1) is 0 Å². The van der Waals surface area contributed by atoms with E-state index in [1.54, 1.807) is 11.9 Å². The third kappa shape index (κ3) is 1.38. The van der Waals surface area contributed by atoms with E-state index < -0.39 is 5.41 Å². The first-order chi connectivity index (χ1) is 8.97. The Kier molecular flexibility index (Phi) is 2.29. The Morgan fingerprint density at radius 1 is 0.947 bits per heavy atom. The highest BCUT2D eigenvalue weighted by atomic mass is 16.2. The van der Waals surface area contributed by atoms with Crippen molar-refractivity contribution >= 4 is 23.4 Å². The van der Waals surface area contributed by atoms with Crippen molar-refractivity contribution < 1.29 is 14.4 Å². The number of rotatable bonds is 0. The van der Waals surface area contributed by atoms with Gasteiger partial charge in [-0.3, -0.25) is 19.3 Å². The van der Waals surface area contributed by atoms with Gasteiger partial charge in [0.1, 0.15) is 0 Å². The summed E-state index contributed by atoms with van der Waals surface area (Å²) >= 11 is 0. The van der Waals surface area contributed by atoms with Crippen molar-refractivity contribution in [2.75, 3.05) is 19.0 Å². The van der Waals surface area contributed by atoms with Crippen LogP contribution in [0.25, 0.3) is 0 Å². The summed E-state index contributed by atoms with van der Waals surface area (Å²) in [5.74, 6) is -0.626. The molecule has 1 aromatic carbocycles. The van der Waals surface area contributed by atoms with Crippen LogP contribution in [-0.4, -0.2) is 36.7 Å². The third-order valence-electron chi connectivity index (χ3n) is 4.15. The highest BCUT2D eigenvalue weighted by Crippen LogP contribution is 2.46. The number of likely N-dealkylation sites (N-methyl/N-ethyl adjacent to an activating group) is 1. The number of amides is 3. The van der Waals surface area contributed by atoms with Crippen molar-refractivity contribution in [2.24, 2.45) is 0 Å². The molecule has 0 saturated carbocycles. The topological polar surface area (TPSA) is 57.7 Å². The maximum atomic E-state index is 12.4. The fourth-order valence-electron chi connectivity index (χ4n) is 3.01. The first kappa shape index (κ1) is 11.9. The number of imide groups is 1. The molecule has 0 bridgehead atoms. The van der Waals surface area contributed by atoms with E-state index in [-0.39, 0.29) is 30.6 Å². The molecule has 3 amide bonds. The van der Waals surface area contributed by atoms with Crippen LogP contribution >= 0.6 is 0 Å². The summed E-state index contributed by atoms with van der Waals surface area (Å²) in [5.41, 5.74) is 0.501. The maximum Gasteiger partial charge on any atom is 0.240 e. The van der Waals surface area contributed by atoms with Gasteiger partial charge in [0.15, 0.2) is 0 Å². The van der Waals surface area contributed by atoms with E-state index in [2.05, 4.69) is 0 Å². The second-order valence-electron chi connectivity index (χ2n) is 5.16. The van der Waals surface area contributed by atoms with E-state index in [0.717, 1.165) is 16.2 Å². The Morgan fingerprint density at radius 2 is 1.53 bits per heavy atom. The van der Waals surface area contributed by atoms with Gasteiger partial charge >= 0.3 is 0 Å². The van der Waals surface area contributed by atoms with Gasteiger partial charge in [0.2, 0.25) is 17.7 Å². The van der Waals surface area contributed by atoms with Crippen LogP contribution in [0.3, 0.4) is 0 Å². The first-order valence-electron chi connectivity index (χ1n) is 6.14. The molecule has 2 heterocycles. The molecule has 1 fully saturated rings. The molecule has 0 aliphatic carbocycles. The van der Waals surface area contributed by atoms with Gasteiger partial charge in [-0.15, -0.1) is 0 Å². The molecule has 2 aliphatic rings. The summed E-state index contributed by atoms with van der Waals surface area (Å²) in [6.07, 6.45) is 0.147. The number of fused-ring (bicyclic) bond motifs is 2. The summed E-state index contributed by atoms with van der Waals surface area (Å²) in [6, 6.07) is 7.31. The SMILES string of the molecule is CN1C(=O)C[C@@]2(CC(=O)N(C)c3ccccc32)C1=O. The van der Waals surface area contributed by atoms with Crippen molar-refractivity contribution in [2.45, 2.75) is 18.3 Å². The van der Waals surface area contributed by atoms with E-state index in [4.69, 9.17) is 0 Å². The molecular weight excluding hydrogens is 244 g/mol. The lowest BCUT2D eigenvalue weighted by Gasteiger charge is -2.37. The van der Waals surface area contributed by atoms with Crippen LogP contribution in [-0.2, 0) is 19.8 Å². The number of nitrogens with zero attached hydrogens (tertiary/aromatic N) is 2. The summed E-state index contributed by atoms with van der Waals surface area (Å²) < 4.78 is 0. The van der Waals surface area contributed by atoms with Gasteiger partial charge in [0.05, 0.1) is 5.41 Å². The largest absolute Gasteiger partial charge is 0.315 e. The number of likely N-dealkylation sites (tertiary alicyclic amines) is 1. The zero-order valence-electron chi connectivity index (χ0n) is 10.8. The second-order valence-corrected chi connectivity index (χ2v) is 5.16. The molecule has 0 radical (unpaired) electrons.